The van der Waals surface area contributed by atoms with Gasteiger partial charge in [-0.3, -0.25) is 0 Å². The molecule has 9 aromatic carbocycles. The number of benzene rings is 9. The number of aromatic nitrogens is 1. The molecule has 0 spiro atoms. The highest BCUT2D eigenvalue weighted by atomic mass is 15.2. The number of hydrogen-bond donors (Lipinski definition) is 0. The maximum absolute atomic E-state index is 2.44. The Kier molecular flexibility index (Phi) is 8.49. The van der Waals surface area contributed by atoms with Crippen LogP contribution in [-0.4, -0.2) is 4.57 Å². The van der Waals surface area contributed by atoms with Gasteiger partial charge in [0.2, 0.25) is 0 Å². The quantitative estimate of drug-likeness (QED) is 0.160. The minimum absolute atomic E-state index is 0.184. The molecule has 1 aliphatic heterocycles. The fourth-order valence-electron chi connectivity index (χ4n) is 9.47. The molecule has 3 nitrogen and oxygen atoms in total. The largest absolute Gasteiger partial charge is 0.310 e. The first-order chi connectivity index (χ1) is 29.5. The van der Waals surface area contributed by atoms with Gasteiger partial charge in [-0.15, -0.1) is 0 Å². The van der Waals surface area contributed by atoms with Crippen molar-refractivity contribution in [1.82, 2.24) is 4.57 Å². The van der Waals surface area contributed by atoms with Gasteiger partial charge in [-0.05, 0) is 107 Å². The van der Waals surface area contributed by atoms with Crippen LogP contribution in [0.4, 0.5) is 34.1 Å². The monoisotopic (exact) mass is 769 g/mol. The summed E-state index contributed by atoms with van der Waals surface area (Å²) in [4.78, 5) is 4.88. The van der Waals surface area contributed by atoms with E-state index in [2.05, 4.69) is 253 Å². The lowest BCUT2D eigenvalue weighted by Crippen LogP contribution is -2.30. The summed E-state index contributed by atoms with van der Waals surface area (Å²) in [5.74, 6) is 0. The summed E-state index contributed by atoms with van der Waals surface area (Å²) in [6.07, 6.45) is 0. The number of fused-ring (bicyclic) bond motifs is 5. The van der Waals surface area contributed by atoms with Crippen LogP contribution in [0.2, 0.25) is 0 Å². The predicted octanol–water partition coefficient (Wildman–Crippen LogP) is 15.7. The SMILES string of the molecule is CC1(C)c2ccccc2N(c2ccccc2)c2cc(-c3ccccc3N(c3ccc(-c4ccccc4)cc3)c3ccc4c(c3)c3ccccc3n4-c3ccccc3)ccc21. The Bertz CT molecular complexity index is 3160. The van der Waals surface area contributed by atoms with Crippen LogP contribution in [0.5, 0.6) is 0 Å². The number of anilines is 6. The second-order valence-corrected chi connectivity index (χ2v) is 16.2. The molecule has 0 fully saturated rings. The van der Waals surface area contributed by atoms with Gasteiger partial charge < -0.3 is 14.4 Å². The molecule has 11 rings (SSSR count). The average Bonchev–Trinajstić information content (AvgIpc) is 3.64. The van der Waals surface area contributed by atoms with E-state index in [1.54, 1.807) is 0 Å². The van der Waals surface area contributed by atoms with Crippen LogP contribution in [0, 0.1) is 0 Å². The van der Waals surface area contributed by atoms with Gasteiger partial charge in [0.25, 0.3) is 0 Å². The lowest BCUT2D eigenvalue weighted by molar-refractivity contribution is 0.632. The number of para-hydroxylation sites is 5. The molecule has 0 aliphatic carbocycles. The van der Waals surface area contributed by atoms with Crippen molar-refractivity contribution in [3.8, 4) is 27.9 Å². The number of hydrogen-bond acceptors (Lipinski definition) is 2. The molecule has 2 heterocycles. The Hall–Kier alpha value is -7.62. The third-order valence-electron chi connectivity index (χ3n) is 12.4. The molecule has 0 N–H and O–H groups in total. The van der Waals surface area contributed by atoms with Crippen molar-refractivity contribution in [2.24, 2.45) is 0 Å². The standard InChI is InChI=1S/C57H43N3/c1-57(2)50-26-14-17-29-55(50)60(44-22-10-5-11-23-44)56-38-42(32-36-51(56)57)47-24-12-15-27-52(47)58(45-33-30-41(31-34-45)40-18-6-3-7-19-40)46-35-37-54-49(39-46)48-25-13-16-28-53(48)59(54)43-20-8-4-9-21-43/h3-39H,1-2H3. The highest BCUT2D eigenvalue weighted by Gasteiger charge is 2.37. The van der Waals surface area contributed by atoms with Crippen molar-refractivity contribution < 1.29 is 0 Å². The van der Waals surface area contributed by atoms with Crippen molar-refractivity contribution in [2.45, 2.75) is 19.3 Å². The highest BCUT2D eigenvalue weighted by molar-refractivity contribution is 6.11. The fraction of sp³-hybridized carbons (Fsp3) is 0.0526. The second-order valence-electron chi connectivity index (χ2n) is 16.2. The van der Waals surface area contributed by atoms with Gasteiger partial charge in [-0.2, -0.15) is 0 Å². The van der Waals surface area contributed by atoms with E-state index < -0.39 is 0 Å². The van der Waals surface area contributed by atoms with E-state index >= 15 is 0 Å². The summed E-state index contributed by atoms with van der Waals surface area (Å²) in [6, 6.07) is 81.6. The van der Waals surface area contributed by atoms with Crippen molar-refractivity contribution in [3.05, 3.63) is 236 Å². The van der Waals surface area contributed by atoms with Crippen LogP contribution < -0.4 is 9.80 Å². The van der Waals surface area contributed by atoms with E-state index in [0.29, 0.717) is 0 Å². The van der Waals surface area contributed by atoms with Crippen molar-refractivity contribution in [3.63, 3.8) is 0 Å². The topological polar surface area (TPSA) is 11.4 Å². The zero-order valence-corrected chi connectivity index (χ0v) is 33.7. The summed E-state index contributed by atoms with van der Waals surface area (Å²) >= 11 is 0. The summed E-state index contributed by atoms with van der Waals surface area (Å²) in [6.45, 7) is 4.71. The summed E-state index contributed by atoms with van der Waals surface area (Å²) in [5.41, 5.74) is 17.5. The maximum Gasteiger partial charge on any atom is 0.0542 e. The zero-order chi connectivity index (χ0) is 40.2. The molecular weight excluding hydrogens is 727 g/mol. The lowest BCUT2D eigenvalue weighted by atomic mass is 9.73. The molecule has 0 unspecified atom stereocenters. The molecule has 0 bridgehead atoms. The van der Waals surface area contributed by atoms with Gasteiger partial charge in [0.1, 0.15) is 0 Å². The van der Waals surface area contributed by atoms with E-state index in [0.717, 1.165) is 39.6 Å². The van der Waals surface area contributed by atoms with Crippen molar-refractivity contribution in [1.29, 1.82) is 0 Å². The first kappa shape index (κ1) is 35.5. The van der Waals surface area contributed by atoms with Crippen LogP contribution in [0.25, 0.3) is 49.7 Å². The number of rotatable bonds is 7. The van der Waals surface area contributed by atoms with E-state index in [9.17, 15) is 0 Å². The van der Waals surface area contributed by atoms with Crippen LogP contribution in [0.1, 0.15) is 25.0 Å². The summed E-state index contributed by atoms with van der Waals surface area (Å²) in [7, 11) is 0. The van der Waals surface area contributed by atoms with Gasteiger partial charge in [0, 0.05) is 44.5 Å². The van der Waals surface area contributed by atoms with Crippen molar-refractivity contribution >= 4 is 55.9 Å². The molecular formula is C57H43N3. The lowest BCUT2D eigenvalue weighted by Gasteiger charge is -2.42. The van der Waals surface area contributed by atoms with Gasteiger partial charge in [-0.1, -0.05) is 159 Å². The Morgan fingerprint density at radius 3 is 1.73 bits per heavy atom. The average molecular weight is 770 g/mol. The van der Waals surface area contributed by atoms with E-state index in [4.69, 9.17) is 0 Å². The molecule has 1 aliphatic rings. The normalized spacial score (nSPS) is 12.9. The Balaban J connectivity index is 1.12. The van der Waals surface area contributed by atoms with Crippen LogP contribution in [0.15, 0.2) is 224 Å². The third kappa shape index (κ3) is 5.81. The third-order valence-corrected chi connectivity index (χ3v) is 12.4. The maximum atomic E-state index is 2.44. The molecule has 0 radical (unpaired) electrons. The summed E-state index contributed by atoms with van der Waals surface area (Å²) < 4.78 is 2.38. The molecule has 3 heteroatoms. The molecule has 0 amide bonds. The van der Waals surface area contributed by atoms with E-state index in [-0.39, 0.29) is 5.41 Å². The first-order valence-electron chi connectivity index (χ1n) is 20.8. The molecule has 10 aromatic rings. The minimum Gasteiger partial charge on any atom is -0.310 e. The molecule has 286 valence electrons. The van der Waals surface area contributed by atoms with E-state index in [1.807, 2.05) is 0 Å². The molecule has 0 atom stereocenters. The predicted molar refractivity (Wildman–Crippen MR) is 253 cm³/mol. The van der Waals surface area contributed by atoms with Gasteiger partial charge >= 0.3 is 0 Å². The smallest absolute Gasteiger partial charge is 0.0542 e. The summed E-state index contributed by atoms with van der Waals surface area (Å²) in [5, 5.41) is 2.44. The Morgan fingerprint density at radius 1 is 0.383 bits per heavy atom. The zero-order valence-electron chi connectivity index (χ0n) is 33.7. The second kappa shape index (κ2) is 14.3. The van der Waals surface area contributed by atoms with Crippen LogP contribution in [-0.2, 0) is 5.41 Å². The van der Waals surface area contributed by atoms with E-state index in [1.165, 1.54) is 55.4 Å². The number of nitrogens with zero attached hydrogens (tertiary/aromatic N) is 3. The first-order valence-corrected chi connectivity index (χ1v) is 20.8. The minimum atomic E-state index is -0.184. The Labute approximate surface area is 351 Å². The van der Waals surface area contributed by atoms with Crippen LogP contribution in [0.3, 0.4) is 0 Å². The molecule has 0 saturated heterocycles. The van der Waals surface area contributed by atoms with Gasteiger partial charge in [-0.25, -0.2) is 0 Å². The van der Waals surface area contributed by atoms with Gasteiger partial charge in [0.05, 0.1) is 28.1 Å². The van der Waals surface area contributed by atoms with Gasteiger partial charge in [0.15, 0.2) is 0 Å². The molecule has 0 saturated carbocycles. The Morgan fingerprint density at radius 2 is 0.950 bits per heavy atom. The van der Waals surface area contributed by atoms with Crippen LogP contribution >= 0.6 is 0 Å². The molecule has 60 heavy (non-hydrogen) atoms. The van der Waals surface area contributed by atoms with Crippen molar-refractivity contribution in [2.75, 3.05) is 9.80 Å². The fourth-order valence-corrected chi connectivity index (χ4v) is 9.47. The highest BCUT2D eigenvalue weighted by Crippen LogP contribution is 2.53. The molecule has 1 aromatic heterocycles.